The number of nitrogens with zero attached hydrogens (tertiary/aromatic N) is 2. The van der Waals surface area contributed by atoms with Gasteiger partial charge in [-0.15, -0.1) is 0 Å². The fourth-order valence-electron chi connectivity index (χ4n) is 2.07. The first-order chi connectivity index (χ1) is 9.79. The van der Waals surface area contributed by atoms with Gasteiger partial charge in [0.05, 0.1) is 4.47 Å². The Labute approximate surface area is 125 Å². The largest absolute Gasteiger partial charge is 0.436 e. The lowest BCUT2D eigenvalue weighted by atomic mass is 10.3. The van der Waals surface area contributed by atoms with E-state index >= 15 is 0 Å². The third-order valence-corrected chi connectivity index (χ3v) is 3.63. The Morgan fingerprint density at radius 1 is 1.20 bits per heavy atom. The molecule has 0 unspecified atom stereocenters. The van der Waals surface area contributed by atoms with Gasteiger partial charge in [-0.3, -0.25) is 4.40 Å². The molecular formula is C15H14BrN3O. The van der Waals surface area contributed by atoms with Gasteiger partial charge in [-0.1, -0.05) is 18.2 Å². The third-order valence-electron chi connectivity index (χ3n) is 2.98. The molecule has 2 aromatic heterocycles. The molecular weight excluding hydrogens is 318 g/mol. The van der Waals surface area contributed by atoms with E-state index in [9.17, 15) is 0 Å². The van der Waals surface area contributed by atoms with Crippen LogP contribution < -0.4 is 10.1 Å². The minimum atomic E-state index is 0.623. The van der Waals surface area contributed by atoms with Crippen molar-refractivity contribution in [2.45, 2.75) is 6.54 Å². The van der Waals surface area contributed by atoms with Crippen molar-refractivity contribution >= 4 is 21.6 Å². The van der Waals surface area contributed by atoms with Crippen LogP contribution in [0.1, 0.15) is 5.69 Å². The molecule has 0 atom stereocenters. The maximum absolute atomic E-state index is 5.96. The maximum Gasteiger partial charge on any atom is 0.242 e. The molecule has 0 aliphatic carbocycles. The van der Waals surface area contributed by atoms with Gasteiger partial charge in [-0.25, -0.2) is 0 Å². The monoisotopic (exact) mass is 331 g/mol. The van der Waals surface area contributed by atoms with Crippen LogP contribution >= 0.6 is 15.9 Å². The van der Waals surface area contributed by atoms with Gasteiger partial charge in [-0.2, -0.15) is 4.98 Å². The zero-order valence-electron chi connectivity index (χ0n) is 11.0. The number of imidazole rings is 1. The van der Waals surface area contributed by atoms with Crippen molar-refractivity contribution in [2.24, 2.45) is 0 Å². The Morgan fingerprint density at radius 3 is 2.80 bits per heavy atom. The number of para-hydroxylation sites is 1. The van der Waals surface area contributed by atoms with E-state index < -0.39 is 0 Å². The van der Waals surface area contributed by atoms with E-state index in [-0.39, 0.29) is 0 Å². The molecule has 5 heteroatoms. The van der Waals surface area contributed by atoms with Crippen LogP contribution in [0.15, 0.2) is 53.1 Å². The first kappa shape index (κ1) is 13.1. The van der Waals surface area contributed by atoms with Crippen molar-refractivity contribution in [2.75, 3.05) is 7.05 Å². The van der Waals surface area contributed by atoms with Crippen molar-refractivity contribution in [1.82, 2.24) is 14.7 Å². The molecule has 3 aromatic rings. The van der Waals surface area contributed by atoms with E-state index in [2.05, 4.69) is 26.2 Å². The fraction of sp³-hybridized carbons (Fsp3) is 0.133. The normalized spacial score (nSPS) is 10.9. The summed E-state index contributed by atoms with van der Waals surface area (Å²) in [5, 5.41) is 3.15. The lowest BCUT2D eigenvalue weighted by Gasteiger charge is -2.07. The molecule has 0 aliphatic heterocycles. The Kier molecular flexibility index (Phi) is 3.71. The van der Waals surface area contributed by atoms with E-state index in [1.54, 1.807) is 0 Å². The molecule has 20 heavy (non-hydrogen) atoms. The van der Waals surface area contributed by atoms with Gasteiger partial charge in [0.15, 0.2) is 0 Å². The summed E-state index contributed by atoms with van der Waals surface area (Å²) < 4.78 is 8.90. The zero-order valence-corrected chi connectivity index (χ0v) is 12.6. The Balaban J connectivity index is 2.06. The summed E-state index contributed by atoms with van der Waals surface area (Å²) in [5.74, 6) is 1.38. The van der Waals surface area contributed by atoms with Gasteiger partial charge < -0.3 is 10.1 Å². The topological polar surface area (TPSA) is 38.6 Å². The molecule has 0 saturated heterocycles. The van der Waals surface area contributed by atoms with Crippen LogP contribution in [0, 0.1) is 0 Å². The van der Waals surface area contributed by atoms with Crippen LogP contribution in [-0.2, 0) is 6.54 Å². The molecule has 2 heterocycles. The third kappa shape index (κ3) is 2.42. The van der Waals surface area contributed by atoms with Crippen molar-refractivity contribution in [3.8, 4) is 11.6 Å². The van der Waals surface area contributed by atoms with E-state index in [4.69, 9.17) is 4.74 Å². The first-order valence-electron chi connectivity index (χ1n) is 6.32. The quantitative estimate of drug-likeness (QED) is 0.793. The molecule has 0 aliphatic rings. The molecule has 0 radical (unpaired) electrons. The second-order valence-corrected chi connectivity index (χ2v) is 5.21. The predicted octanol–water partition coefficient (Wildman–Crippen LogP) is 3.61. The van der Waals surface area contributed by atoms with Crippen LogP contribution in [-0.4, -0.2) is 16.4 Å². The highest BCUT2D eigenvalue weighted by molar-refractivity contribution is 9.10. The molecule has 102 valence electrons. The Hall–Kier alpha value is -1.85. The molecule has 1 aromatic carbocycles. The maximum atomic E-state index is 5.96. The van der Waals surface area contributed by atoms with Gasteiger partial charge in [0.2, 0.25) is 5.88 Å². The number of rotatable bonds is 4. The van der Waals surface area contributed by atoms with Crippen LogP contribution in [0.25, 0.3) is 5.65 Å². The number of halogens is 1. The summed E-state index contributed by atoms with van der Waals surface area (Å²) in [6, 6.07) is 13.7. The number of hydrogen-bond donors (Lipinski definition) is 1. The summed E-state index contributed by atoms with van der Waals surface area (Å²) in [5.41, 5.74) is 1.87. The number of ether oxygens (including phenoxy) is 1. The molecule has 1 N–H and O–H groups in total. The molecule has 3 rings (SSSR count). The summed E-state index contributed by atoms with van der Waals surface area (Å²) >= 11 is 3.49. The summed E-state index contributed by atoms with van der Waals surface area (Å²) in [7, 11) is 1.91. The summed E-state index contributed by atoms with van der Waals surface area (Å²) in [6.45, 7) is 0.685. The number of hydrogen-bond acceptors (Lipinski definition) is 3. The van der Waals surface area contributed by atoms with Crippen LogP contribution in [0.2, 0.25) is 0 Å². The molecule has 0 saturated carbocycles. The van der Waals surface area contributed by atoms with E-state index in [1.165, 1.54) is 0 Å². The minimum absolute atomic E-state index is 0.623. The van der Waals surface area contributed by atoms with Crippen molar-refractivity contribution in [3.05, 3.63) is 58.8 Å². The van der Waals surface area contributed by atoms with Gasteiger partial charge in [-0.05, 0) is 47.2 Å². The van der Waals surface area contributed by atoms with Crippen molar-refractivity contribution in [1.29, 1.82) is 0 Å². The van der Waals surface area contributed by atoms with Crippen LogP contribution in [0.5, 0.6) is 11.6 Å². The van der Waals surface area contributed by atoms with Crippen molar-refractivity contribution < 1.29 is 4.74 Å². The predicted molar refractivity (Wildman–Crippen MR) is 82.2 cm³/mol. The second kappa shape index (κ2) is 5.64. The molecule has 4 nitrogen and oxygen atoms in total. The van der Waals surface area contributed by atoms with Crippen LogP contribution in [0.4, 0.5) is 0 Å². The average molecular weight is 332 g/mol. The van der Waals surface area contributed by atoms with E-state index in [0.717, 1.165) is 21.6 Å². The van der Waals surface area contributed by atoms with E-state index in [0.29, 0.717) is 12.4 Å². The number of aromatic nitrogens is 2. The number of benzene rings is 1. The Morgan fingerprint density at radius 2 is 2.00 bits per heavy atom. The van der Waals surface area contributed by atoms with Gasteiger partial charge in [0, 0.05) is 12.7 Å². The Bertz CT molecular complexity index is 739. The SMILES string of the molecule is CNCc1c(Oc2ccccc2Br)nc2ccccn12. The summed E-state index contributed by atoms with van der Waals surface area (Å²) in [6.07, 6.45) is 1.99. The molecule has 0 amide bonds. The number of nitrogens with one attached hydrogen (secondary N) is 1. The number of fused-ring (bicyclic) bond motifs is 1. The van der Waals surface area contributed by atoms with Gasteiger partial charge in [0.25, 0.3) is 0 Å². The number of pyridine rings is 1. The molecule has 0 fully saturated rings. The van der Waals surface area contributed by atoms with Crippen LogP contribution in [0.3, 0.4) is 0 Å². The highest BCUT2D eigenvalue weighted by Gasteiger charge is 2.14. The highest BCUT2D eigenvalue weighted by Crippen LogP contribution is 2.31. The lowest BCUT2D eigenvalue weighted by molar-refractivity contribution is 0.454. The second-order valence-electron chi connectivity index (χ2n) is 4.36. The van der Waals surface area contributed by atoms with Crippen molar-refractivity contribution in [3.63, 3.8) is 0 Å². The zero-order chi connectivity index (χ0) is 13.9. The molecule has 0 bridgehead atoms. The highest BCUT2D eigenvalue weighted by atomic mass is 79.9. The van der Waals surface area contributed by atoms with Gasteiger partial charge in [0.1, 0.15) is 17.1 Å². The summed E-state index contributed by atoms with van der Waals surface area (Å²) in [4.78, 5) is 4.55. The molecule has 0 spiro atoms. The first-order valence-corrected chi connectivity index (χ1v) is 7.12. The van der Waals surface area contributed by atoms with E-state index in [1.807, 2.05) is 60.1 Å². The fourth-order valence-corrected chi connectivity index (χ4v) is 2.43. The minimum Gasteiger partial charge on any atom is -0.436 e. The smallest absolute Gasteiger partial charge is 0.242 e. The standard InChI is InChI=1S/C15H14BrN3O/c1-17-10-12-15(18-14-8-4-5-9-19(12)14)20-13-7-3-2-6-11(13)16/h2-9,17H,10H2,1H3. The van der Waals surface area contributed by atoms with Gasteiger partial charge >= 0.3 is 0 Å². The average Bonchev–Trinajstić information content (AvgIpc) is 2.80. The lowest BCUT2D eigenvalue weighted by Crippen LogP contribution is -2.08.